The Bertz CT molecular complexity index is 641. The molecule has 0 amide bonds. The smallest absolute Gasteiger partial charge is 0.375 e. The van der Waals surface area contributed by atoms with Crippen LogP contribution < -0.4 is 0 Å². The fourth-order valence-corrected chi connectivity index (χ4v) is 7.48. The van der Waals surface area contributed by atoms with E-state index in [2.05, 4.69) is 13.8 Å². The Hall–Kier alpha value is -1.19. The minimum absolute atomic E-state index is 0.0170. The molecule has 0 aromatic heterocycles. The Balaban J connectivity index is 0.00000117. The van der Waals surface area contributed by atoms with Gasteiger partial charge in [-0.05, 0) is 87.4 Å². The van der Waals surface area contributed by atoms with Crippen LogP contribution in [-0.2, 0) is 19.1 Å². The molecule has 0 saturated heterocycles. The van der Waals surface area contributed by atoms with Gasteiger partial charge in [0.15, 0.2) is 0 Å². The number of ketones is 2. The molecule has 29 heavy (non-hydrogen) atoms. The summed E-state index contributed by atoms with van der Waals surface area (Å²) in [7, 11) is 0. The van der Waals surface area contributed by atoms with Crippen LogP contribution in [0, 0.1) is 46.8 Å². The third-order valence-electron chi connectivity index (χ3n) is 8.77. The molecule has 8 atom stereocenters. The molecular formula is C25H40O4. The summed E-state index contributed by atoms with van der Waals surface area (Å²) in [4.78, 5) is 37.7. The van der Waals surface area contributed by atoms with Crippen LogP contribution in [-0.4, -0.2) is 24.1 Å². The zero-order valence-electron chi connectivity index (χ0n) is 19.0. The van der Waals surface area contributed by atoms with Crippen LogP contribution in [0.1, 0.15) is 86.0 Å². The summed E-state index contributed by atoms with van der Waals surface area (Å²) < 4.78 is 4.90. The molecule has 164 valence electrons. The van der Waals surface area contributed by atoms with Gasteiger partial charge in [-0.15, -0.1) is 0 Å². The molecule has 4 nitrogen and oxygen atoms in total. The van der Waals surface area contributed by atoms with Gasteiger partial charge in [-0.25, -0.2) is 4.79 Å². The summed E-state index contributed by atoms with van der Waals surface area (Å²) in [5.74, 6) is 1.93. The zero-order valence-corrected chi connectivity index (χ0v) is 19.0. The molecule has 4 aliphatic rings. The van der Waals surface area contributed by atoms with Gasteiger partial charge >= 0.3 is 5.97 Å². The number of hydrogen-bond acceptors (Lipinski definition) is 4. The van der Waals surface area contributed by atoms with Crippen LogP contribution in [0.25, 0.3) is 0 Å². The third-order valence-corrected chi connectivity index (χ3v) is 8.77. The van der Waals surface area contributed by atoms with Crippen molar-refractivity contribution < 1.29 is 19.1 Å². The summed E-state index contributed by atoms with van der Waals surface area (Å²) in [6.07, 6.45) is 9.13. The Morgan fingerprint density at radius 2 is 1.69 bits per heavy atom. The Morgan fingerprint density at radius 1 is 1.00 bits per heavy atom. The average molecular weight is 405 g/mol. The van der Waals surface area contributed by atoms with E-state index in [0.29, 0.717) is 12.3 Å². The van der Waals surface area contributed by atoms with E-state index >= 15 is 0 Å². The van der Waals surface area contributed by atoms with Gasteiger partial charge < -0.3 is 4.74 Å². The lowest BCUT2D eigenvalue weighted by atomic mass is 9.50. The standard InChI is InChI=1S/C23H34O4.C2H6/c1-4-27-22(26)20(24)18-12-19-17-8-6-14-11-13(2)5-7-15(14)16(17)9-10-23(19,3)21(18)25;1-2/h13-19H,4-12H2,1-3H3;1-2H3. The first-order valence-electron chi connectivity index (χ1n) is 12.1. The second-order valence-corrected chi connectivity index (χ2v) is 10.0. The lowest BCUT2D eigenvalue weighted by Crippen LogP contribution is -2.48. The molecule has 4 fully saturated rings. The maximum atomic E-state index is 13.2. The Kier molecular flexibility index (Phi) is 6.90. The number of carbonyl (C=O) groups is 3. The molecule has 0 aromatic rings. The van der Waals surface area contributed by atoms with Crippen molar-refractivity contribution >= 4 is 17.5 Å². The fraction of sp³-hybridized carbons (Fsp3) is 0.880. The van der Waals surface area contributed by atoms with Crippen LogP contribution in [0.2, 0.25) is 0 Å². The van der Waals surface area contributed by atoms with Crippen molar-refractivity contribution in [3.05, 3.63) is 0 Å². The molecule has 8 unspecified atom stereocenters. The summed E-state index contributed by atoms with van der Waals surface area (Å²) in [5, 5.41) is 0. The monoisotopic (exact) mass is 404 g/mol. The normalized spacial score (nSPS) is 43.2. The van der Waals surface area contributed by atoms with E-state index in [9.17, 15) is 14.4 Å². The molecular weight excluding hydrogens is 364 g/mol. The maximum Gasteiger partial charge on any atom is 0.375 e. The van der Waals surface area contributed by atoms with Crippen molar-refractivity contribution in [2.45, 2.75) is 86.0 Å². The van der Waals surface area contributed by atoms with Crippen molar-refractivity contribution in [2.24, 2.45) is 46.8 Å². The molecule has 4 aliphatic carbocycles. The SMILES string of the molecule is CC.CCOC(=O)C(=O)C1CC2C3CCC4CC(C)CCC4C3CCC2(C)C1=O. The minimum atomic E-state index is -0.820. The highest BCUT2D eigenvalue weighted by Gasteiger charge is 2.61. The molecule has 0 N–H and O–H groups in total. The van der Waals surface area contributed by atoms with Crippen LogP contribution in [0.3, 0.4) is 0 Å². The van der Waals surface area contributed by atoms with Gasteiger partial charge in [0.1, 0.15) is 5.78 Å². The number of Topliss-reactive ketones (excluding diaryl/α,β-unsaturated/α-hetero) is 2. The Morgan fingerprint density at radius 3 is 2.38 bits per heavy atom. The second-order valence-electron chi connectivity index (χ2n) is 10.0. The minimum Gasteiger partial charge on any atom is -0.460 e. The zero-order chi connectivity index (χ0) is 21.3. The molecule has 0 bridgehead atoms. The predicted octanol–water partition coefficient (Wildman–Crippen LogP) is 5.23. The van der Waals surface area contributed by atoms with Gasteiger partial charge in [-0.3, -0.25) is 9.59 Å². The van der Waals surface area contributed by atoms with E-state index in [1.165, 1.54) is 32.1 Å². The summed E-state index contributed by atoms with van der Waals surface area (Å²) in [6, 6.07) is 0. The van der Waals surface area contributed by atoms with Gasteiger partial charge in [0, 0.05) is 5.41 Å². The van der Waals surface area contributed by atoms with E-state index < -0.39 is 23.1 Å². The van der Waals surface area contributed by atoms with Crippen molar-refractivity contribution in [2.75, 3.05) is 6.61 Å². The number of esters is 1. The highest BCUT2D eigenvalue weighted by atomic mass is 16.5. The average Bonchev–Trinajstić information content (AvgIpc) is 3.00. The van der Waals surface area contributed by atoms with E-state index in [1.807, 2.05) is 13.8 Å². The van der Waals surface area contributed by atoms with Gasteiger partial charge in [-0.2, -0.15) is 0 Å². The topological polar surface area (TPSA) is 60.4 Å². The van der Waals surface area contributed by atoms with Crippen molar-refractivity contribution in [1.29, 1.82) is 0 Å². The first-order valence-corrected chi connectivity index (χ1v) is 12.1. The van der Waals surface area contributed by atoms with Gasteiger partial charge in [-0.1, -0.05) is 34.1 Å². The number of hydrogen-bond donors (Lipinski definition) is 0. The largest absolute Gasteiger partial charge is 0.460 e. The van der Waals surface area contributed by atoms with E-state index in [0.717, 1.165) is 36.5 Å². The van der Waals surface area contributed by atoms with Crippen molar-refractivity contribution in [3.8, 4) is 0 Å². The Labute approximate surface area is 176 Å². The summed E-state index contributed by atoms with van der Waals surface area (Å²) in [6.45, 7) is 10.3. The maximum absolute atomic E-state index is 13.2. The molecule has 0 radical (unpaired) electrons. The summed E-state index contributed by atoms with van der Waals surface area (Å²) in [5.41, 5.74) is -0.414. The fourth-order valence-electron chi connectivity index (χ4n) is 7.48. The molecule has 0 spiro atoms. The van der Waals surface area contributed by atoms with Crippen LogP contribution in [0.4, 0.5) is 0 Å². The summed E-state index contributed by atoms with van der Waals surface area (Å²) >= 11 is 0. The predicted molar refractivity (Wildman–Crippen MR) is 113 cm³/mol. The molecule has 0 heterocycles. The highest BCUT2D eigenvalue weighted by Crippen LogP contribution is 2.62. The number of rotatable bonds is 3. The van der Waals surface area contributed by atoms with E-state index in [-0.39, 0.29) is 18.3 Å². The quantitative estimate of drug-likeness (QED) is 0.367. The number of carbonyl (C=O) groups excluding carboxylic acids is 3. The molecule has 4 saturated carbocycles. The van der Waals surface area contributed by atoms with Crippen LogP contribution in [0.5, 0.6) is 0 Å². The van der Waals surface area contributed by atoms with Crippen molar-refractivity contribution in [1.82, 2.24) is 0 Å². The molecule has 4 rings (SSSR count). The van der Waals surface area contributed by atoms with Gasteiger partial charge in [0.2, 0.25) is 5.78 Å². The number of fused-ring (bicyclic) bond motifs is 5. The third kappa shape index (κ3) is 3.81. The second kappa shape index (κ2) is 8.89. The van der Waals surface area contributed by atoms with E-state index in [1.54, 1.807) is 6.92 Å². The van der Waals surface area contributed by atoms with Gasteiger partial charge in [0.05, 0.1) is 12.5 Å². The first-order chi connectivity index (χ1) is 13.9. The van der Waals surface area contributed by atoms with Crippen LogP contribution >= 0.6 is 0 Å². The van der Waals surface area contributed by atoms with Crippen LogP contribution in [0.15, 0.2) is 0 Å². The first kappa shape index (κ1) is 22.5. The lowest BCUT2D eigenvalue weighted by Gasteiger charge is -2.54. The lowest BCUT2D eigenvalue weighted by molar-refractivity contribution is -0.157. The van der Waals surface area contributed by atoms with Crippen molar-refractivity contribution in [3.63, 3.8) is 0 Å². The highest BCUT2D eigenvalue weighted by molar-refractivity contribution is 6.39. The molecule has 4 heteroatoms. The van der Waals surface area contributed by atoms with E-state index in [4.69, 9.17) is 4.74 Å². The molecule has 0 aliphatic heterocycles. The van der Waals surface area contributed by atoms with Gasteiger partial charge in [0.25, 0.3) is 0 Å². The molecule has 0 aromatic carbocycles. The number of ether oxygens (including phenoxy) is 1.